The second-order valence-corrected chi connectivity index (χ2v) is 1.89. The van der Waals surface area contributed by atoms with Crippen molar-refractivity contribution in [2.75, 3.05) is 6.61 Å². The number of hydrogen-bond donors (Lipinski definition) is 0. The van der Waals surface area contributed by atoms with Crippen molar-refractivity contribution in [2.45, 2.75) is 6.92 Å². The minimum atomic E-state index is -0.328. The molecular formula is C8H8NO2. The van der Waals surface area contributed by atoms with Gasteiger partial charge in [-0.25, -0.2) is 4.79 Å². The zero-order chi connectivity index (χ0) is 8.10. The van der Waals surface area contributed by atoms with Crippen molar-refractivity contribution in [2.24, 2.45) is 0 Å². The van der Waals surface area contributed by atoms with E-state index in [-0.39, 0.29) is 5.97 Å². The van der Waals surface area contributed by atoms with Crippen LogP contribution >= 0.6 is 0 Å². The van der Waals surface area contributed by atoms with Crippen LogP contribution in [0.5, 0.6) is 0 Å². The van der Waals surface area contributed by atoms with Crippen LogP contribution in [0.3, 0.4) is 0 Å². The lowest BCUT2D eigenvalue weighted by Crippen LogP contribution is -2.03. The fraction of sp³-hybridized carbons (Fsp3) is 0.250. The van der Waals surface area contributed by atoms with E-state index in [2.05, 4.69) is 11.2 Å². The topological polar surface area (TPSA) is 39.2 Å². The highest BCUT2D eigenvalue weighted by Gasteiger charge is 2.03. The molecular weight excluding hydrogens is 142 g/mol. The molecule has 0 atom stereocenters. The van der Waals surface area contributed by atoms with Gasteiger partial charge in [-0.2, -0.15) is 0 Å². The van der Waals surface area contributed by atoms with E-state index in [1.807, 2.05) is 0 Å². The summed E-state index contributed by atoms with van der Waals surface area (Å²) in [5.74, 6) is -0.328. The monoisotopic (exact) mass is 150 g/mol. The molecule has 1 radical (unpaired) electrons. The lowest BCUT2D eigenvalue weighted by molar-refractivity contribution is 0.0526. The van der Waals surface area contributed by atoms with E-state index in [1.165, 1.54) is 12.3 Å². The van der Waals surface area contributed by atoms with Crippen LogP contribution in [0.25, 0.3) is 0 Å². The summed E-state index contributed by atoms with van der Waals surface area (Å²) in [6.07, 6.45) is 4.06. The molecule has 0 aromatic carbocycles. The average molecular weight is 150 g/mol. The number of pyridine rings is 1. The normalized spacial score (nSPS) is 9.18. The van der Waals surface area contributed by atoms with Gasteiger partial charge in [-0.3, -0.25) is 4.98 Å². The Hall–Kier alpha value is -1.38. The molecule has 0 N–H and O–H groups in total. The van der Waals surface area contributed by atoms with Gasteiger partial charge in [-0.15, -0.1) is 0 Å². The van der Waals surface area contributed by atoms with E-state index < -0.39 is 0 Å². The van der Waals surface area contributed by atoms with Crippen molar-refractivity contribution in [1.29, 1.82) is 0 Å². The maximum atomic E-state index is 11.0. The molecule has 0 saturated carbocycles. The lowest BCUT2D eigenvalue weighted by Gasteiger charge is -1.98. The maximum absolute atomic E-state index is 11.0. The van der Waals surface area contributed by atoms with Crippen molar-refractivity contribution in [3.05, 3.63) is 30.1 Å². The Morgan fingerprint density at radius 1 is 1.82 bits per heavy atom. The van der Waals surface area contributed by atoms with Crippen LogP contribution < -0.4 is 0 Å². The van der Waals surface area contributed by atoms with Gasteiger partial charge in [0.2, 0.25) is 0 Å². The van der Waals surface area contributed by atoms with Gasteiger partial charge in [0.1, 0.15) is 0 Å². The highest BCUT2D eigenvalue weighted by Crippen LogP contribution is 1.97. The van der Waals surface area contributed by atoms with Crippen LogP contribution in [-0.4, -0.2) is 17.6 Å². The van der Waals surface area contributed by atoms with E-state index >= 15 is 0 Å². The number of nitrogens with zero attached hydrogens (tertiary/aromatic N) is 1. The Labute approximate surface area is 65.0 Å². The van der Waals surface area contributed by atoms with Gasteiger partial charge in [0.25, 0.3) is 0 Å². The zero-order valence-corrected chi connectivity index (χ0v) is 6.20. The van der Waals surface area contributed by atoms with E-state index in [9.17, 15) is 4.79 Å². The van der Waals surface area contributed by atoms with E-state index in [0.29, 0.717) is 12.2 Å². The second kappa shape index (κ2) is 3.71. The minimum absolute atomic E-state index is 0.328. The maximum Gasteiger partial charge on any atom is 0.338 e. The number of hydrogen-bond acceptors (Lipinski definition) is 3. The number of ether oxygens (including phenoxy) is 1. The van der Waals surface area contributed by atoms with Crippen molar-refractivity contribution >= 4 is 5.97 Å². The Morgan fingerprint density at radius 3 is 3.18 bits per heavy atom. The first kappa shape index (κ1) is 7.72. The lowest BCUT2D eigenvalue weighted by atomic mass is 10.3. The number of esters is 1. The largest absolute Gasteiger partial charge is 0.462 e. The predicted molar refractivity (Wildman–Crippen MR) is 39.0 cm³/mol. The number of carbonyl (C=O) groups is 1. The van der Waals surface area contributed by atoms with Crippen LogP contribution in [0.1, 0.15) is 17.3 Å². The molecule has 0 aliphatic heterocycles. The number of rotatable bonds is 2. The summed E-state index contributed by atoms with van der Waals surface area (Å²) in [5.41, 5.74) is 0.488. The van der Waals surface area contributed by atoms with Crippen LogP contribution in [0.2, 0.25) is 0 Å². The van der Waals surface area contributed by atoms with Crippen molar-refractivity contribution in [3.63, 3.8) is 0 Å². The van der Waals surface area contributed by atoms with Crippen molar-refractivity contribution in [3.8, 4) is 0 Å². The summed E-state index contributed by atoms with van der Waals surface area (Å²) in [4.78, 5) is 14.6. The quantitative estimate of drug-likeness (QED) is 0.592. The Kier molecular flexibility index (Phi) is 2.60. The van der Waals surface area contributed by atoms with Crippen molar-refractivity contribution < 1.29 is 9.53 Å². The molecule has 0 aliphatic rings. The smallest absolute Gasteiger partial charge is 0.338 e. The van der Waals surface area contributed by atoms with Gasteiger partial charge in [0, 0.05) is 6.20 Å². The molecule has 0 fully saturated rings. The average Bonchev–Trinajstić information content (AvgIpc) is 2.07. The first-order valence-electron chi connectivity index (χ1n) is 3.34. The molecule has 3 heteroatoms. The molecule has 57 valence electrons. The van der Waals surface area contributed by atoms with Gasteiger partial charge in [0.15, 0.2) is 0 Å². The molecule has 0 bridgehead atoms. The molecule has 1 rings (SSSR count). The second-order valence-electron chi connectivity index (χ2n) is 1.89. The van der Waals surface area contributed by atoms with Gasteiger partial charge in [-0.1, -0.05) is 0 Å². The number of aromatic nitrogens is 1. The summed E-state index contributed by atoms with van der Waals surface area (Å²) in [7, 11) is 0. The first-order valence-corrected chi connectivity index (χ1v) is 3.34. The Balaban J connectivity index is 2.69. The SMILES string of the molecule is CCOC(=O)c1c[c]ncc1. The van der Waals surface area contributed by atoms with Gasteiger partial charge in [0.05, 0.1) is 18.4 Å². The van der Waals surface area contributed by atoms with Gasteiger partial charge >= 0.3 is 5.97 Å². The minimum Gasteiger partial charge on any atom is -0.462 e. The van der Waals surface area contributed by atoms with E-state index in [4.69, 9.17) is 4.74 Å². The fourth-order valence-electron chi connectivity index (χ4n) is 0.657. The summed E-state index contributed by atoms with van der Waals surface area (Å²) in [6.45, 7) is 2.16. The third kappa shape index (κ3) is 2.04. The third-order valence-electron chi connectivity index (χ3n) is 1.13. The molecule has 11 heavy (non-hydrogen) atoms. The van der Waals surface area contributed by atoms with Crippen LogP contribution in [0.4, 0.5) is 0 Å². The molecule has 1 heterocycles. The molecule has 0 amide bonds. The summed E-state index contributed by atoms with van der Waals surface area (Å²) >= 11 is 0. The summed E-state index contributed by atoms with van der Waals surface area (Å²) in [5, 5.41) is 0. The highest BCUT2D eigenvalue weighted by molar-refractivity contribution is 5.89. The summed E-state index contributed by atoms with van der Waals surface area (Å²) in [6, 6.07) is 3.09. The highest BCUT2D eigenvalue weighted by atomic mass is 16.5. The number of carbonyl (C=O) groups excluding carboxylic acids is 1. The van der Waals surface area contributed by atoms with Crippen molar-refractivity contribution in [1.82, 2.24) is 4.98 Å². The summed E-state index contributed by atoms with van der Waals surface area (Å²) < 4.78 is 4.74. The molecule has 0 spiro atoms. The van der Waals surface area contributed by atoms with Crippen LogP contribution in [0, 0.1) is 6.20 Å². The Morgan fingerprint density at radius 2 is 2.64 bits per heavy atom. The van der Waals surface area contributed by atoms with Crippen LogP contribution in [-0.2, 0) is 4.74 Å². The standard InChI is InChI=1S/C8H8NO2/c1-2-11-8(10)7-3-5-9-6-4-7/h3-5H,2H2,1H3. The van der Waals surface area contributed by atoms with E-state index in [0.717, 1.165) is 0 Å². The van der Waals surface area contributed by atoms with Gasteiger partial charge in [-0.05, 0) is 19.1 Å². The molecule has 3 nitrogen and oxygen atoms in total. The molecule has 1 aromatic heterocycles. The van der Waals surface area contributed by atoms with Gasteiger partial charge < -0.3 is 4.74 Å². The van der Waals surface area contributed by atoms with Crippen LogP contribution in [0.15, 0.2) is 18.3 Å². The Bertz CT molecular complexity index is 233. The molecule has 1 aromatic rings. The third-order valence-corrected chi connectivity index (χ3v) is 1.13. The zero-order valence-electron chi connectivity index (χ0n) is 6.20. The molecule has 0 unspecified atom stereocenters. The predicted octanol–water partition coefficient (Wildman–Crippen LogP) is 1.06. The molecule has 0 aliphatic carbocycles. The molecule has 0 saturated heterocycles. The van der Waals surface area contributed by atoms with E-state index in [1.54, 1.807) is 13.0 Å². The first-order chi connectivity index (χ1) is 5.34. The fourth-order valence-corrected chi connectivity index (χ4v) is 0.657.